The molecule has 0 spiro atoms. The minimum absolute atomic E-state index is 0.296. The molecular weight excluding hydrogens is 392 g/mol. The number of nitrogens with zero attached hydrogens (tertiary/aromatic N) is 4. The monoisotopic (exact) mass is 416 g/mol. The van der Waals surface area contributed by atoms with Gasteiger partial charge in [-0.1, -0.05) is 30.3 Å². The van der Waals surface area contributed by atoms with E-state index >= 15 is 0 Å². The molecule has 31 heavy (non-hydrogen) atoms. The van der Waals surface area contributed by atoms with Crippen molar-refractivity contribution in [3.8, 4) is 22.9 Å². The molecule has 4 aromatic rings. The largest absolute Gasteiger partial charge is 0.489 e. The van der Waals surface area contributed by atoms with Crippen LogP contribution in [0.5, 0.6) is 17.2 Å². The summed E-state index contributed by atoms with van der Waals surface area (Å²) < 4.78 is 14.7. The average molecular weight is 416 g/mol. The Balaban J connectivity index is 1.60. The first kappa shape index (κ1) is 20.4. The van der Waals surface area contributed by atoms with Crippen LogP contribution in [-0.4, -0.2) is 19.8 Å². The quantitative estimate of drug-likeness (QED) is 0.470. The van der Waals surface area contributed by atoms with Crippen molar-refractivity contribution in [1.29, 1.82) is 0 Å². The third-order valence-electron chi connectivity index (χ3n) is 5.15. The lowest BCUT2D eigenvalue weighted by atomic mass is 10.1. The first-order chi connectivity index (χ1) is 14.9. The van der Waals surface area contributed by atoms with Crippen molar-refractivity contribution < 1.29 is 9.47 Å². The van der Waals surface area contributed by atoms with E-state index in [-0.39, 0.29) is 5.69 Å². The second-order valence-corrected chi connectivity index (χ2v) is 7.46. The molecule has 1 aromatic heterocycles. The van der Waals surface area contributed by atoms with Gasteiger partial charge in [-0.25, -0.2) is 4.79 Å². The Bertz CT molecular complexity index is 1280. The highest BCUT2D eigenvalue weighted by Gasteiger charge is 2.15. The molecule has 3 aromatic carbocycles. The fraction of sp³-hybridized carbons (Fsp3) is 0.208. The minimum atomic E-state index is -0.304. The van der Waals surface area contributed by atoms with Crippen molar-refractivity contribution in [2.24, 2.45) is 7.05 Å². The molecule has 0 atom stereocenters. The topological polar surface area (TPSA) is 71.2 Å². The van der Waals surface area contributed by atoms with Crippen LogP contribution < -0.4 is 15.2 Å². The first-order valence-electron chi connectivity index (χ1n) is 9.99. The summed E-state index contributed by atoms with van der Waals surface area (Å²) in [5.41, 5.74) is 4.18. The van der Waals surface area contributed by atoms with Gasteiger partial charge in [-0.3, -0.25) is 0 Å². The third-order valence-corrected chi connectivity index (χ3v) is 5.15. The average Bonchev–Trinajstić information content (AvgIpc) is 3.09. The standard InChI is InChI=1S/C24H24N4O3/c1-16-9-8-12-21(28-24(29)27(4)25-26-28)20(16)15-30-22-13-18(3)23(14-17(22)2)31-19-10-6-5-7-11-19/h5-14H,15H2,1-4H3. The second kappa shape index (κ2) is 8.47. The highest BCUT2D eigenvalue weighted by Crippen LogP contribution is 2.32. The first-order valence-corrected chi connectivity index (χ1v) is 9.99. The lowest BCUT2D eigenvalue weighted by Gasteiger charge is -2.16. The van der Waals surface area contributed by atoms with Gasteiger partial charge in [-0.05, 0) is 78.2 Å². The number of rotatable bonds is 6. The second-order valence-electron chi connectivity index (χ2n) is 7.46. The molecule has 0 saturated carbocycles. The van der Waals surface area contributed by atoms with Gasteiger partial charge in [0.25, 0.3) is 0 Å². The Labute approximate surface area is 180 Å². The van der Waals surface area contributed by atoms with Crippen LogP contribution in [0.3, 0.4) is 0 Å². The van der Waals surface area contributed by atoms with E-state index in [9.17, 15) is 4.79 Å². The Morgan fingerprint density at radius 3 is 2.26 bits per heavy atom. The molecule has 1 heterocycles. The Morgan fingerprint density at radius 1 is 0.839 bits per heavy atom. The number of tetrazole rings is 1. The van der Waals surface area contributed by atoms with Crippen LogP contribution >= 0.6 is 0 Å². The van der Waals surface area contributed by atoms with E-state index in [0.29, 0.717) is 12.3 Å². The molecule has 0 aliphatic heterocycles. The van der Waals surface area contributed by atoms with Crippen LogP contribution in [0.1, 0.15) is 22.3 Å². The van der Waals surface area contributed by atoms with Crippen LogP contribution in [0.2, 0.25) is 0 Å². The molecule has 0 fully saturated rings. The van der Waals surface area contributed by atoms with Gasteiger partial charge >= 0.3 is 5.69 Å². The van der Waals surface area contributed by atoms with Crippen molar-refractivity contribution in [1.82, 2.24) is 19.8 Å². The van der Waals surface area contributed by atoms with E-state index < -0.39 is 0 Å². The normalized spacial score (nSPS) is 10.8. The smallest absolute Gasteiger partial charge is 0.368 e. The highest BCUT2D eigenvalue weighted by molar-refractivity contribution is 5.48. The maximum atomic E-state index is 12.3. The molecule has 0 bridgehead atoms. The number of ether oxygens (including phenoxy) is 2. The summed E-state index contributed by atoms with van der Waals surface area (Å²) in [7, 11) is 1.57. The number of para-hydroxylation sites is 1. The van der Waals surface area contributed by atoms with Gasteiger partial charge < -0.3 is 9.47 Å². The summed E-state index contributed by atoms with van der Waals surface area (Å²) in [5, 5.41) is 7.78. The number of hydrogen-bond acceptors (Lipinski definition) is 5. The zero-order valence-corrected chi connectivity index (χ0v) is 18.0. The highest BCUT2D eigenvalue weighted by atomic mass is 16.5. The predicted molar refractivity (Wildman–Crippen MR) is 118 cm³/mol. The molecule has 7 nitrogen and oxygen atoms in total. The predicted octanol–water partition coefficient (Wildman–Crippen LogP) is 4.26. The molecule has 4 rings (SSSR count). The third kappa shape index (κ3) is 4.21. The molecule has 0 saturated heterocycles. The molecule has 0 aliphatic rings. The summed E-state index contributed by atoms with van der Waals surface area (Å²) in [6.07, 6.45) is 0. The van der Waals surface area contributed by atoms with E-state index in [2.05, 4.69) is 10.4 Å². The molecule has 0 aliphatic carbocycles. The lowest BCUT2D eigenvalue weighted by Crippen LogP contribution is -2.23. The van der Waals surface area contributed by atoms with Gasteiger partial charge in [-0.2, -0.15) is 9.36 Å². The summed E-state index contributed by atoms with van der Waals surface area (Å²) in [6.45, 7) is 6.25. The van der Waals surface area contributed by atoms with E-state index in [1.165, 1.54) is 9.36 Å². The van der Waals surface area contributed by atoms with Gasteiger partial charge in [-0.15, -0.1) is 0 Å². The van der Waals surface area contributed by atoms with Crippen LogP contribution in [0.4, 0.5) is 0 Å². The van der Waals surface area contributed by atoms with Crippen LogP contribution in [0.25, 0.3) is 5.69 Å². The summed E-state index contributed by atoms with van der Waals surface area (Å²) in [4.78, 5) is 12.3. The van der Waals surface area contributed by atoms with Crippen molar-refractivity contribution >= 4 is 0 Å². The van der Waals surface area contributed by atoms with Gasteiger partial charge in [0.05, 0.1) is 5.69 Å². The Morgan fingerprint density at radius 2 is 1.55 bits per heavy atom. The van der Waals surface area contributed by atoms with Crippen LogP contribution in [-0.2, 0) is 13.7 Å². The van der Waals surface area contributed by atoms with Gasteiger partial charge in [0, 0.05) is 12.6 Å². The van der Waals surface area contributed by atoms with Gasteiger partial charge in [0.1, 0.15) is 23.9 Å². The number of benzene rings is 3. The number of aryl methyl sites for hydroxylation is 4. The Kier molecular flexibility index (Phi) is 5.58. The van der Waals surface area contributed by atoms with E-state index in [0.717, 1.165) is 39.5 Å². The molecular formula is C24H24N4O3. The van der Waals surface area contributed by atoms with Crippen molar-refractivity contribution in [2.75, 3.05) is 0 Å². The molecule has 0 N–H and O–H groups in total. The fourth-order valence-corrected chi connectivity index (χ4v) is 3.33. The summed E-state index contributed by atoms with van der Waals surface area (Å²) >= 11 is 0. The van der Waals surface area contributed by atoms with Crippen molar-refractivity contribution in [2.45, 2.75) is 27.4 Å². The summed E-state index contributed by atoms with van der Waals surface area (Å²) in [5.74, 6) is 2.34. The van der Waals surface area contributed by atoms with Crippen molar-refractivity contribution in [3.05, 3.63) is 93.4 Å². The molecule has 158 valence electrons. The van der Waals surface area contributed by atoms with Crippen LogP contribution in [0, 0.1) is 20.8 Å². The zero-order chi connectivity index (χ0) is 22.0. The van der Waals surface area contributed by atoms with E-state index in [1.807, 2.05) is 81.4 Å². The van der Waals surface area contributed by atoms with Gasteiger partial charge in [0.15, 0.2) is 0 Å². The lowest BCUT2D eigenvalue weighted by molar-refractivity contribution is 0.302. The van der Waals surface area contributed by atoms with E-state index in [1.54, 1.807) is 7.05 Å². The Hall–Kier alpha value is -3.87. The maximum Gasteiger partial charge on any atom is 0.368 e. The van der Waals surface area contributed by atoms with Gasteiger partial charge in [0.2, 0.25) is 0 Å². The van der Waals surface area contributed by atoms with Crippen LogP contribution in [0.15, 0.2) is 65.5 Å². The SMILES string of the molecule is Cc1cc(Oc2ccccc2)c(C)cc1OCc1c(C)cccc1-n1nnn(C)c1=O. The fourth-order valence-electron chi connectivity index (χ4n) is 3.33. The molecule has 7 heteroatoms. The molecule has 0 amide bonds. The number of hydrogen-bond donors (Lipinski definition) is 0. The molecule has 0 unspecified atom stereocenters. The molecule has 0 radical (unpaired) electrons. The number of aromatic nitrogens is 4. The van der Waals surface area contributed by atoms with E-state index in [4.69, 9.17) is 9.47 Å². The minimum Gasteiger partial charge on any atom is -0.489 e. The zero-order valence-electron chi connectivity index (χ0n) is 18.0. The maximum absolute atomic E-state index is 12.3. The summed E-state index contributed by atoms with van der Waals surface area (Å²) in [6, 6.07) is 19.4. The van der Waals surface area contributed by atoms with Crippen molar-refractivity contribution in [3.63, 3.8) is 0 Å².